The third-order valence-corrected chi connectivity index (χ3v) is 8.81. The number of benzene rings is 2. The number of hydrogen-bond donors (Lipinski definition) is 3. The Kier molecular flexibility index (Phi) is 8.26. The van der Waals surface area contributed by atoms with Crippen LogP contribution in [-0.2, 0) is 20.0 Å². The molecule has 0 radical (unpaired) electrons. The molecular formula is C21H19Cl2F2N5O8S2. The van der Waals surface area contributed by atoms with Gasteiger partial charge in [-0.25, -0.2) is 35.1 Å². The smallest absolute Gasteiger partial charge is 0.349 e. The molecule has 13 nitrogen and oxygen atoms in total. The van der Waals surface area contributed by atoms with Crippen molar-refractivity contribution in [3.05, 3.63) is 66.9 Å². The first-order valence-corrected chi connectivity index (χ1v) is 15.1. The Bertz CT molecular complexity index is 1790. The van der Waals surface area contributed by atoms with Gasteiger partial charge in [0, 0.05) is 25.2 Å². The third-order valence-electron chi connectivity index (χ3n) is 5.59. The summed E-state index contributed by atoms with van der Waals surface area (Å²) in [5.74, 6) is -0.943. The van der Waals surface area contributed by atoms with Crippen LogP contribution in [0.5, 0.6) is 17.2 Å². The second-order valence-corrected chi connectivity index (χ2v) is 13.1. The highest BCUT2D eigenvalue weighted by molar-refractivity contribution is 7.89. The fourth-order valence-electron chi connectivity index (χ4n) is 3.86. The maximum Gasteiger partial charge on any atom is 0.349 e. The molecule has 1 aliphatic heterocycles. The summed E-state index contributed by atoms with van der Waals surface area (Å²) in [5.41, 5.74) is -3.89. The van der Waals surface area contributed by atoms with E-state index >= 15 is 0 Å². The molecule has 1 aromatic heterocycles. The SMILES string of the molecule is CS(=O)(=O)NC1CCN(S(=O)(=O)c2cc(Oc3c(Cl)cc(-n4nc(C(F)F)c(=O)[nH]c4=O)cc3Cl)ccc2O)C1. The van der Waals surface area contributed by atoms with Gasteiger partial charge in [0.1, 0.15) is 16.4 Å². The van der Waals surface area contributed by atoms with Crippen LogP contribution in [0.25, 0.3) is 5.69 Å². The average Bonchev–Trinajstić information content (AvgIpc) is 3.29. The molecular weight excluding hydrogens is 623 g/mol. The summed E-state index contributed by atoms with van der Waals surface area (Å²) in [6, 6.07) is 4.80. The van der Waals surface area contributed by atoms with Gasteiger partial charge in [0.05, 0.1) is 22.0 Å². The van der Waals surface area contributed by atoms with Crippen molar-refractivity contribution in [2.24, 2.45) is 0 Å². The molecule has 0 aliphatic carbocycles. The molecule has 1 saturated heterocycles. The minimum absolute atomic E-state index is 0.00933. The number of hydrogen-bond acceptors (Lipinski definition) is 9. The van der Waals surface area contributed by atoms with Crippen LogP contribution in [-0.4, -0.2) is 66.4 Å². The fraction of sp³-hybridized carbons (Fsp3) is 0.286. The molecule has 1 fully saturated rings. The molecule has 3 aromatic rings. The van der Waals surface area contributed by atoms with Gasteiger partial charge in [-0.2, -0.15) is 14.1 Å². The standard InChI is InChI=1S/C21H19Cl2F2N5O8S2/c1-39(34,35)28-10-4-5-29(9-10)40(36,37)16-8-12(2-3-15(16)31)38-18-13(22)6-11(7-14(18)23)30-21(33)26-20(32)17(27-30)19(24)25/h2-3,6-8,10,19,28,31H,4-5,9H2,1H3,(H,26,32,33). The number of rotatable bonds is 8. The number of nitrogens with one attached hydrogen (secondary N) is 2. The molecule has 1 aliphatic rings. The number of halogens is 4. The largest absolute Gasteiger partial charge is 0.507 e. The number of sulfonamides is 2. The Balaban J connectivity index is 1.64. The molecule has 2 aromatic carbocycles. The molecule has 2 heterocycles. The lowest BCUT2D eigenvalue weighted by molar-refractivity contribution is 0.141. The summed E-state index contributed by atoms with van der Waals surface area (Å²) >= 11 is 12.5. The number of ether oxygens (including phenoxy) is 1. The van der Waals surface area contributed by atoms with E-state index in [9.17, 15) is 40.3 Å². The number of aromatic nitrogens is 3. The summed E-state index contributed by atoms with van der Waals surface area (Å²) in [4.78, 5) is 24.9. The van der Waals surface area contributed by atoms with Crippen LogP contribution in [0.15, 0.2) is 44.8 Å². The predicted molar refractivity (Wildman–Crippen MR) is 139 cm³/mol. The average molecular weight is 642 g/mol. The van der Waals surface area contributed by atoms with Gasteiger partial charge in [-0.3, -0.25) is 9.78 Å². The topological polar surface area (TPSA) is 181 Å². The summed E-state index contributed by atoms with van der Waals surface area (Å²) in [6.45, 7) is -0.172. The van der Waals surface area contributed by atoms with Gasteiger partial charge >= 0.3 is 5.69 Å². The van der Waals surface area contributed by atoms with Crippen molar-refractivity contribution in [2.45, 2.75) is 23.8 Å². The van der Waals surface area contributed by atoms with E-state index in [1.807, 2.05) is 0 Å². The van der Waals surface area contributed by atoms with E-state index in [-0.39, 0.29) is 46.7 Å². The fourth-order valence-corrected chi connectivity index (χ4v) is 6.81. The van der Waals surface area contributed by atoms with Gasteiger partial charge in [-0.1, -0.05) is 23.2 Å². The van der Waals surface area contributed by atoms with Gasteiger partial charge in [-0.05, 0) is 30.7 Å². The van der Waals surface area contributed by atoms with E-state index in [4.69, 9.17) is 27.9 Å². The molecule has 0 amide bonds. The van der Waals surface area contributed by atoms with Crippen molar-refractivity contribution < 1.29 is 35.5 Å². The molecule has 0 bridgehead atoms. The highest BCUT2D eigenvalue weighted by atomic mass is 35.5. The maximum atomic E-state index is 13.2. The second-order valence-electron chi connectivity index (χ2n) is 8.57. The van der Waals surface area contributed by atoms with Crippen molar-refractivity contribution in [3.63, 3.8) is 0 Å². The van der Waals surface area contributed by atoms with Gasteiger partial charge in [0.2, 0.25) is 20.0 Å². The Labute approximate surface area is 235 Å². The Hall–Kier alpha value is -3.09. The van der Waals surface area contributed by atoms with Crippen molar-refractivity contribution >= 4 is 43.2 Å². The Morgan fingerprint density at radius 3 is 2.40 bits per heavy atom. The number of alkyl halides is 2. The lowest BCUT2D eigenvalue weighted by Gasteiger charge is -2.18. The van der Waals surface area contributed by atoms with Gasteiger partial charge in [-0.15, -0.1) is 0 Å². The van der Waals surface area contributed by atoms with Crippen LogP contribution in [0.4, 0.5) is 8.78 Å². The number of H-pyrrole nitrogens is 1. The van der Waals surface area contributed by atoms with Gasteiger partial charge in [0.15, 0.2) is 11.4 Å². The first-order valence-electron chi connectivity index (χ1n) is 11.1. The lowest BCUT2D eigenvalue weighted by Crippen LogP contribution is -2.37. The quantitative estimate of drug-likeness (QED) is 0.331. The molecule has 1 atom stereocenters. The van der Waals surface area contributed by atoms with Gasteiger partial charge < -0.3 is 9.84 Å². The van der Waals surface area contributed by atoms with Crippen LogP contribution in [0.2, 0.25) is 10.0 Å². The molecule has 40 heavy (non-hydrogen) atoms. The highest BCUT2D eigenvalue weighted by Crippen LogP contribution is 2.40. The summed E-state index contributed by atoms with van der Waals surface area (Å²) in [5, 5.41) is 13.2. The van der Waals surface area contributed by atoms with Crippen LogP contribution in [0, 0.1) is 0 Å². The number of phenolic OH excluding ortho intramolecular Hbond substituents is 1. The zero-order valence-corrected chi connectivity index (χ0v) is 23.3. The van der Waals surface area contributed by atoms with E-state index in [0.717, 1.165) is 34.8 Å². The molecule has 19 heteroatoms. The van der Waals surface area contributed by atoms with Crippen LogP contribution < -0.4 is 20.7 Å². The van der Waals surface area contributed by atoms with E-state index < -0.39 is 60.1 Å². The number of aromatic hydroxyl groups is 1. The van der Waals surface area contributed by atoms with Crippen LogP contribution in [0.1, 0.15) is 18.5 Å². The summed E-state index contributed by atoms with van der Waals surface area (Å²) < 4.78 is 85.0. The molecule has 0 saturated carbocycles. The highest BCUT2D eigenvalue weighted by Gasteiger charge is 2.35. The zero-order chi connectivity index (χ0) is 29.6. The van der Waals surface area contributed by atoms with Crippen LogP contribution in [0.3, 0.4) is 0 Å². The van der Waals surface area contributed by atoms with Crippen LogP contribution >= 0.6 is 23.2 Å². The van der Waals surface area contributed by atoms with E-state index in [2.05, 4.69) is 9.82 Å². The molecule has 3 N–H and O–H groups in total. The number of aromatic amines is 1. The molecule has 1 unspecified atom stereocenters. The maximum absolute atomic E-state index is 13.2. The molecule has 216 valence electrons. The minimum atomic E-state index is -4.29. The predicted octanol–water partition coefficient (Wildman–Crippen LogP) is 1.98. The number of nitrogens with zero attached hydrogens (tertiary/aromatic N) is 3. The van der Waals surface area contributed by atoms with Crippen molar-refractivity contribution in [2.75, 3.05) is 19.3 Å². The Morgan fingerprint density at radius 1 is 1.15 bits per heavy atom. The van der Waals surface area contributed by atoms with Crippen molar-refractivity contribution in [1.82, 2.24) is 23.8 Å². The van der Waals surface area contributed by atoms with E-state index in [1.54, 1.807) is 4.98 Å². The Morgan fingerprint density at radius 2 is 1.80 bits per heavy atom. The molecule has 0 spiro atoms. The van der Waals surface area contributed by atoms with Crippen molar-refractivity contribution in [3.8, 4) is 22.9 Å². The second kappa shape index (κ2) is 11.1. The zero-order valence-electron chi connectivity index (χ0n) is 20.1. The summed E-state index contributed by atoms with van der Waals surface area (Å²) in [7, 11) is -7.86. The minimum Gasteiger partial charge on any atom is -0.507 e. The van der Waals surface area contributed by atoms with Gasteiger partial charge in [0.25, 0.3) is 12.0 Å². The molecule has 4 rings (SSSR count). The number of phenols is 1. The van der Waals surface area contributed by atoms with E-state index in [0.29, 0.717) is 4.68 Å². The van der Waals surface area contributed by atoms with Crippen molar-refractivity contribution in [1.29, 1.82) is 0 Å². The van der Waals surface area contributed by atoms with E-state index in [1.165, 1.54) is 6.07 Å². The summed E-state index contributed by atoms with van der Waals surface area (Å²) in [6.07, 6.45) is -2.10. The third kappa shape index (κ3) is 6.29. The monoisotopic (exact) mass is 641 g/mol. The lowest BCUT2D eigenvalue weighted by atomic mass is 10.3. The first-order chi connectivity index (χ1) is 18.6. The normalized spacial score (nSPS) is 16.5. The first kappa shape index (κ1) is 29.9.